The fourth-order valence-electron chi connectivity index (χ4n) is 3.12. The van der Waals surface area contributed by atoms with E-state index in [2.05, 4.69) is 12.2 Å². The number of hydrogen-bond donors (Lipinski definition) is 0. The summed E-state index contributed by atoms with van der Waals surface area (Å²) in [6.07, 6.45) is 11.3. The Morgan fingerprint density at radius 1 is 1.24 bits per heavy atom. The zero-order chi connectivity index (χ0) is 15.2. The molecule has 21 heavy (non-hydrogen) atoms. The highest BCUT2D eigenvalue weighted by Gasteiger charge is 2.36. The fourth-order valence-corrected chi connectivity index (χ4v) is 3.12. The van der Waals surface area contributed by atoms with E-state index >= 15 is 0 Å². The van der Waals surface area contributed by atoms with Crippen molar-refractivity contribution in [3.8, 4) is 0 Å². The maximum absolute atomic E-state index is 12.3. The third kappa shape index (κ3) is 4.53. The first-order chi connectivity index (χ1) is 10.1. The molecule has 1 unspecified atom stereocenters. The highest BCUT2D eigenvalue weighted by Crippen LogP contribution is 2.35. The molecule has 1 heterocycles. The quantitative estimate of drug-likeness (QED) is 0.551. The Hall–Kier alpha value is -1.42. The number of ketones is 1. The van der Waals surface area contributed by atoms with E-state index in [0.717, 1.165) is 32.1 Å². The summed E-state index contributed by atoms with van der Waals surface area (Å²) in [5.74, 6) is -0.316. The second-order valence-corrected chi connectivity index (χ2v) is 5.94. The number of ether oxygens (including phenoxy) is 2. The van der Waals surface area contributed by atoms with Crippen LogP contribution in [-0.4, -0.2) is 31.1 Å². The Bertz CT molecular complexity index is 438. The summed E-state index contributed by atoms with van der Waals surface area (Å²) < 4.78 is 10.6. The molecule has 1 aliphatic heterocycles. The first-order valence-corrected chi connectivity index (χ1v) is 7.72. The summed E-state index contributed by atoms with van der Waals surface area (Å²) in [4.78, 5) is 24.0. The number of carbonyl (C=O) groups excluding carboxylic acids is 2. The van der Waals surface area contributed by atoms with Crippen molar-refractivity contribution in [2.45, 2.75) is 51.2 Å². The zero-order valence-electron chi connectivity index (χ0n) is 12.8. The molecule has 0 saturated heterocycles. The predicted octanol–water partition coefficient (Wildman–Crippen LogP) is 2.82. The molecule has 0 radical (unpaired) electrons. The van der Waals surface area contributed by atoms with Crippen LogP contribution in [-0.2, 0) is 19.1 Å². The predicted molar refractivity (Wildman–Crippen MR) is 79.7 cm³/mol. The molecule has 0 bridgehead atoms. The number of methoxy groups -OCH3 is 1. The van der Waals surface area contributed by atoms with Crippen LogP contribution in [0.4, 0.5) is 0 Å². The SMILES string of the molecule is CO[C@@H]1CC2C(=O)/C=C/C(=O)O[C@@H](C)CCC/C=C/[C@@H]2C1. The number of allylic oxidation sites excluding steroid dienone is 3. The molecule has 2 rings (SSSR count). The normalized spacial score (nSPS) is 37.6. The van der Waals surface area contributed by atoms with Gasteiger partial charge in [-0.1, -0.05) is 12.2 Å². The molecule has 4 atom stereocenters. The summed E-state index contributed by atoms with van der Waals surface area (Å²) in [5.41, 5.74) is 0. The van der Waals surface area contributed by atoms with Gasteiger partial charge in [0.25, 0.3) is 0 Å². The summed E-state index contributed by atoms with van der Waals surface area (Å²) >= 11 is 0. The lowest BCUT2D eigenvalue weighted by molar-refractivity contribution is -0.142. The average molecular weight is 292 g/mol. The van der Waals surface area contributed by atoms with Crippen LogP contribution in [0.15, 0.2) is 24.3 Å². The van der Waals surface area contributed by atoms with Crippen LogP contribution in [0.5, 0.6) is 0 Å². The van der Waals surface area contributed by atoms with Crippen molar-refractivity contribution < 1.29 is 19.1 Å². The molecular formula is C17H24O4. The number of esters is 1. The highest BCUT2D eigenvalue weighted by molar-refractivity contribution is 5.97. The first kappa shape index (κ1) is 16.0. The molecule has 116 valence electrons. The van der Waals surface area contributed by atoms with Crippen molar-refractivity contribution in [3.05, 3.63) is 24.3 Å². The third-order valence-corrected chi connectivity index (χ3v) is 4.33. The van der Waals surface area contributed by atoms with Crippen LogP contribution in [0.1, 0.15) is 39.0 Å². The standard InChI is InChI=1S/C17H24O4/c1-12-6-4-3-5-7-13-10-14(20-2)11-15(13)16(18)8-9-17(19)21-12/h5,7-9,12-15H,3-4,6,10-11H2,1-2H3/b7-5+,9-8+/t12-,13+,14-,15?/m0/s1. The number of carbonyl (C=O) groups is 2. The van der Waals surface area contributed by atoms with E-state index in [4.69, 9.17) is 9.47 Å². The molecular weight excluding hydrogens is 268 g/mol. The minimum Gasteiger partial charge on any atom is -0.460 e. The average Bonchev–Trinajstić information content (AvgIpc) is 2.87. The summed E-state index contributed by atoms with van der Waals surface area (Å²) in [7, 11) is 1.69. The number of rotatable bonds is 1. The van der Waals surface area contributed by atoms with Gasteiger partial charge in [-0.05, 0) is 51.0 Å². The number of cyclic esters (lactones) is 1. The highest BCUT2D eigenvalue weighted by atomic mass is 16.5. The van der Waals surface area contributed by atoms with Gasteiger partial charge in [0.1, 0.15) is 0 Å². The largest absolute Gasteiger partial charge is 0.460 e. The van der Waals surface area contributed by atoms with Crippen molar-refractivity contribution in [1.29, 1.82) is 0 Å². The lowest BCUT2D eigenvalue weighted by Crippen LogP contribution is -2.17. The van der Waals surface area contributed by atoms with Crippen LogP contribution < -0.4 is 0 Å². The van der Waals surface area contributed by atoms with Gasteiger partial charge in [-0.25, -0.2) is 4.79 Å². The lowest BCUT2D eigenvalue weighted by atomic mass is 9.91. The van der Waals surface area contributed by atoms with Crippen molar-refractivity contribution in [1.82, 2.24) is 0 Å². The van der Waals surface area contributed by atoms with Crippen molar-refractivity contribution in [2.24, 2.45) is 11.8 Å². The minimum absolute atomic E-state index is 0.00644. The molecule has 0 aromatic rings. The Morgan fingerprint density at radius 3 is 2.81 bits per heavy atom. The molecule has 1 aliphatic carbocycles. The molecule has 4 nitrogen and oxygen atoms in total. The molecule has 0 amide bonds. The van der Waals surface area contributed by atoms with Gasteiger partial charge in [0.2, 0.25) is 0 Å². The zero-order valence-corrected chi connectivity index (χ0v) is 12.8. The fraction of sp³-hybridized carbons (Fsp3) is 0.647. The molecule has 0 N–H and O–H groups in total. The summed E-state index contributed by atoms with van der Waals surface area (Å²) in [6, 6.07) is 0. The van der Waals surface area contributed by atoms with Crippen molar-refractivity contribution >= 4 is 11.8 Å². The second-order valence-electron chi connectivity index (χ2n) is 5.94. The minimum atomic E-state index is -0.430. The number of fused-ring (bicyclic) bond motifs is 1. The first-order valence-electron chi connectivity index (χ1n) is 7.72. The molecule has 1 saturated carbocycles. The molecule has 0 aromatic heterocycles. The second kappa shape index (κ2) is 7.55. The molecule has 1 fully saturated rings. The van der Waals surface area contributed by atoms with Crippen LogP contribution in [0.3, 0.4) is 0 Å². The third-order valence-electron chi connectivity index (χ3n) is 4.33. The van der Waals surface area contributed by atoms with Crippen LogP contribution in [0.25, 0.3) is 0 Å². The molecule has 0 aromatic carbocycles. The van der Waals surface area contributed by atoms with Crippen molar-refractivity contribution in [3.63, 3.8) is 0 Å². The Balaban J connectivity index is 2.13. The van der Waals surface area contributed by atoms with E-state index in [1.807, 2.05) is 6.92 Å². The van der Waals surface area contributed by atoms with Gasteiger partial charge < -0.3 is 9.47 Å². The number of hydrogen-bond acceptors (Lipinski definition) is 4. The van der Waals surface area contributed by atoms with E-state index in [9.17, 15) is 9.59 Å². The van der Waals surface area contributed by atoms with Gasteiger partial charge in [0, 0.05) is 19.1 Å². The Labute approximate surface area is 126 Å². The van der Waals surface area contributed by atoms with E-state index < -0.39 is 5.97 Å². The van der Waals surface area contributed by atoms with Gasteiger partial charge in [-0.3, -0.25) is 4.79 Å². The molecule has 4 heteroatoms. The maximum Gasteiger partial charge on any atom is 0.331 e. The van der Waals surface area contributed by atoms with E-state index in [1.54, 1.807) is 7.11 Å². The van der Waals surface area contributed by atoms with Crippen LogP contribution >= 0.6 is 0 Å². The lowest BCUT2D eigenvalue weighted by Gasteiger charge is -2.12. The monoisotopic (exact) mass is 292 g/mol. The topological polar surface area (TPSA) is 52.6 Å². The van der Waals surface area contributed by atoms with Gasteiger partial charge in [0.15, 0.2) is 5.78 Å². The summed E-state index contributed by atoms with van der Waals surface area (Å²) in [6.45, 7) is 1.88. The molecule has 2 aliphatic rings. The van der Waals surface area contributed by atoms with Crippen LogP contribution in [0, 0.1) is 11.8 Å². The smallest absolute Gasteiger partial charge is 0.331 e. The molecule has 0 spiro atoms. The van der Waals surface area contributed by atoms with E-state index in [-0.39, 0.29) is 29.8 Å². The Morgan fingerprint density at radius 2 is 2.05 bits per heavy atom. The van der Waals surface area contributed by atoms with E-state index in [1.165, 1.54) is 12.2 Å². The van der Waals surface area contributed by atoms with E-state index in [0.29, 0.717) is 0 Å². The van der Waals surface area contributed by atoms with Gasteiger partial charge in [-0.15, -0.1) is 0 Å². The maximum atomic E-state index is 12.3. The van der Waals surface area contributed by atoms with Gasteiger partial charge in [0.05, 0.1) is 12.2 Å². The van der Waals surface area contributed by atoms with Crippen LogP contribution in [0.2, 0.25) is 0 Å². The van der Waals surface area contributed by atoms with Gasteiger partial charge >= 0.3 is 5.97 Å². The summed E-state index contributed by atoms with van der Waals surface area (Å²) in [5, 5.41) is 0. The van der Waals surface area contributed by atoms with Crippen molar-refractivity contribution in [2.75, 3.05) is 7.11 Å². The van der Waals surface area contributed by atoms with Gasteiger partial charge in [-0.2, -0.15) is 0 Å². The Kier molecular flexibility index (Phi) is 5.74.